The molecular formula is C23H33NOS. The van der Waals surface area contributed by atoms with Gasteiger partial charge in [-0.25, -0.2) is 0 Å². The van der Waals surface area contributed by atoms with Crippen molar-refractivity contribution in [2.24, 2.45) is 5.92 Å². The zero-order chi connectivity index (χ0) is 19.0. The third-order valence-electron chi connectivity index (χ3n) is 4.56. The molecule has 0 saturated carbocycles. The Kier molecular flexibility index (Phi) is 8.20. The Bertz CT molecular complexity index is 624. The first-order valence-corrected chi connectivity index (χ1v) is 10.5. The molecule has 1 N–H and O–H groups in total. The van der Waals surface area contributed by atoms with E-state index in [1.807, 2.05) is 11.8 Å². The highest BCUT2D eigenvalue weighted by molar-refractivity contribution is 8.00. The van der Waals surface area contributed by atoms with Gasteiger partial charge in [0.2, 0.25) is 0 Å². The summed E-state index contributed by atoms with van der Waals surface area (Å²) in [5.74, 6) is 1.25. The smallest absolute Gasteiger partial charge is 0.0479 e. The van der Waals surface area contributed by atoms with Crippen LogP contribution in [-0.2, 0) is 6.54 Å². The van der Waals surface area contributed by atoms with Gasteiger partial charge >= 0.3 is 0 Å². The molecule has 2 aromatic carbocycles. The van der Waals surface area contributed by atoms with Gasteiger partial charge in [0, 0.05) is 42.2 Å². The fraction of sp³-hybridized carbons (Fsp3) is 0.478. The second kappa shape index (κ2) is 10.1. The van der Waals surface area contributed by atoms with Gasteiger partial charge in [0.05, 0.1) is 0 Å². The van der Waals surface area contributed by atoms with Gasteiger partial charge in [-0.15, -0.1) is 0 Å². The number of thioether (sulfide) groups is 1. The fourth-order valence-electron chi connectivity index (χ4n) is 2.98. The van der Waals surface area contributed by atoms with Crippen molar-refractivity contribution < 1.29 is 5.11 Å². The lowest BCUT2D eigenvalue weighted by atomic mass is 10.0. The molecule has 0 spiro atoms. The number of benzene rings is 2. The third-order valence-corrected chi connectivity index (χ3v) is 6.07. The highest BCUT2D eigenvalue weighted by Gasteiger charge is 2.22. The van der Waals surface area contributed by atoms with Crippen LogP contribution in [0.2, 0.25) is 0 Å². The lowest BCUT2D eigenvalue weighted by molar-refractivity contribution is 0.138. The van der Waals surface area contributed by atoms with Crippen LogP contribution in [-0.4, -0.2) is 33.7 Å². The van der Waals surface area contributed by atoms with Crippen molar-refractivity contribution in [2.75, 3.05) is 18.9 Å². The zero-order valence-corrected chi connectivity index (χ0v) is 17.4. The molecule has 2 atom stereocenters. The van der Waals surface area contributed by atoms with Gasteiger partial charge in [0.15, 0.2) is 0 Å². The van der Waals surface area contributed by atoms with Crippen LogP contribution in [0.25, 0.3) is 0 Å². The molecule has 26 heavy (non-hydrogen) atoms. The van der Waals surface area contributed by atoms with Crippen molar-refractivity contribution in [3.63, 3.8) is 0 Å². The maximum Gasteiger partial charge on any atom is 0.0479 e. The summed E-state index contributed by atoms with van der Waals surface area (Å²) in [4.78, 5) is 2.49. The van der Waals surface area contributed by atoms with Gasteiger partial charge in [0.25, 0.3) is 0 Å². The third kappa shape index (κ3) is 7.14. The predicted octanol–water partition coefficient (Wildman–Crippen LogP) is 5.39. The van der Waals surface area contributed by atoms with E-state index in [1.165, 1.54) is 11.1 Å². The van der Waals surface area contributed by atoms with E-state index in [0.29, 0.717) is 6.04 Å². The van der Waals surface area contributed by atoms with Crippen LogP contribution < -0.4 is 0 Å². The molecule has 0 aliphatic rings. The Balaban J connectivity index is 2.13. The standard InChI is InChI=1S/C23H33NOS/c1-19(22-13-9-6-10-14-22)24(15-20-11-7-5-8-12-20)16-21(17-25)18-26-23(2,3)4/h5-14,19,21,25H,15-18H2,1-4H3/t19-,21-/m1/s1. The first-order valence-electron chi connectivity index (χ1n) is 9.47. The molecule has 0 amide bonds. The Morgan fingerprint density at radius 3 is 2.08 bits per heavy atom. The van der Waals surface area contributed by atoms with Gasteiger partial charge in [-0.1, -0.05) is 81.4 Å². The van der Waals surface area contributed by atoms with E-state index in [2.05, 4.69) is 93.3 Å². The van der Waals surface area contributed by atoms with Crippen LogP contribution >= 0.6 is 11.8 Å². The zero-order valence-electron chi connectivity index (χ0n) is 16.6. The van der Waals surface area contributed by atoms with Crippen molar-refractivity contribution in [1.82, 2.24) is 4.90 Å². The lowest BCUT2D eigenvalue weighted by Gasteiger charge is -2.33. The van der Waals surface area contributed by atoms with Crippen LogP contribution in [0.15, 0.2) is 60.7 Å². The Morgan fingerprint density at radius 1 is 0.962 bits per heavy atom. The van der Waals surface area contributed by atoms with Crippen molar-refractivity contribution in [2.45, 2.75) is 45.0 Å². The summed E-state index contributed by atoms with van der Waals surface area (Å²) in [6, 6.07) is 21.6. The summed E-state index contributed by atoms with van der Waals surface area (Å²) in [5, 5.41) is 9.95. The molecule has 2 nitrogen and oxygen atoms in total. The maximum absolute atomic E-state index is 9.95. The van der Waals surface area contributed by atoms with Crippen molar-refractivity contribution in [3.8, 4) is 0 Å². The quantitative estimate of drug-likeness (QED) is 0.639. The monoisotopic (exact) mass is 371 g/mol. The Morgan fingerprint density at radius 2 is 1.54 bits per heavy atom. The van der Waals surface area contributed by atoms with E-state index < -0.39 is 0 Å². The molecule has 3 heteroatoms. The summed E-state index contributed by atoms with van der Waals surface area (Å²) in [7, 11) is 0. The van der Waals surface area contributed by atoms with Gasteiger partial charge in [-0.05, 0) is 18.1 Å². The Hall–Kier alpha value is -1.29. The summed E-state index contributed by atoms with van der Waals surface area (Å²) in [6.07, 6.45) is 0. The minimum atomic E-state index is 0.225. The normalized spacial score (nSPS) is 14.4. The molecule has 0 aromatic heterocycles. The predicted molar refractivity (Wildman–Crippen MR) is 114 cm³/mol. The molecule has 0 unspecified atom stereocenters. The number of aliphatic hydroxyl groups is 1. The lowest BCUT2D eigenvalue weighted by Crippen LogP contribution is -2.34. The average Bonchev–Trinajstić information content (AvgIpc) is 2.64. The summed E-state index contributed by atoms with van der Waals surface area (Å²) in [6.45, 7) is 11.0. The molecule has 0 radical (unpaired) electrons. The van der Waals surface area contributed by atoms with E-state index in [4.69, 9.17) is 0 Å². The molecule has 0 saturated heterocycles. The van der Waals surface area contributed by atoms with E-state index in [9.17, 15) is 5.11 Å². The minimum Gasteiger partial charge on any atom is -0.396 e. The van der Waals surface area contributed by atoms with Gasteiger partial charge in [-0.3, -0.25) is 4.90 Å². The summed E-state index contributed by atoms with van der Waals surface area (Å²) >= 11 is 1.94. The van der Waals surface area contributed by atoms with Crippen molar-refractivity contribution in [3.05, 3.63) is 71.8 Å². The number of hydrogen-bond acceptors (Lipinski definition) is 3. The van der Waals surface area contributed by atoms with Crippen LogP contribution in [0.5, 0.6) is 0 Å². The molecule has 0 aliphatic carbocycles. The maximum atomic E-state index is 9.95. The van der Waals surface area contributed by atoms with Gasteiger partial charge in [0.1, 0.15) is 0 Å². The molecule has 2 rings (SSSR count). The molecule has 142 valence electrons. The summed E-state index contributed by atoms with van der Waals surface area (Å²) < 4.78 is 0.225. The van der Waals surface area contributed by atoms with Crippen LogP contribution in [0.3, 0.4) is 0 Å². The fourth-order valence-corrected chi connectivity index (χ4v) is 3.93. The number of hydrogen-bond donors (Lipinski definition) is 1. The van der Waals surface area contributed by atoms with E-state index >= 15 is 0 Å². The van der Waals surface area contributed by atoms with Crippen molar-refractivity contribution in [1.29, 1.82) is 0 Å². The van der Waals surface area contributed by atoms with Crippen LogP contribution in [0, 0.1) is 5.92 Å². The second-order valence-electron chi connectivity index (χ2n) is 7.97. The van der Waals surface area contributed by atoms with Crippen LogP contribution in [0.1, 0.15) is 44.9 Å². The highest BCUT2D eigenvalue weighted by atomic mass is 32.2. The van der Waals surface area contributed by atoms with E-state index in [-0.39, 0.29) is 17.3 Å². The molecule has 2 aromatic rings. The number of aliphatic hydroxyl groups excluding tert-OH is 1. The van der Waals surface area contributed by atoms with Gasteiger partial charge < -0.3 is 5.11 Å². The Labute approximate surface area is 163 Å². The molecule has 0 aliphatic heterocycles. The number of rotatable bonds is 9. The highest BCUT2D eigenvalue weighted by Crippen LogP contribution is 2.28. The largest absolute Gasteiger partial charge is 0.396 e. The second-order valence-corrected chi connectivity index (χ2v) is 9.82. The van der Waals surface area contributed by atoms with E-state index in [0.717, 1.165) is 18.8 Å². The van der Waals surface area contributed by atoms with E-state index in [1.54, 1.807) is 0 Å². The first kappa shape index (κ1) is 21.0. The average molecular weight is 372 g/mol. The number of nitrogens with zero attached hydrogens (tertiary/aromatic N) is 1. The van der Waals surface area contributed by atoms with Crippen LogP contribution in [0.4, 0.5) is 0 Å². The van der Waals surface area contributed by atoms with Gasteiger partial charge in [-0.2, -0.15) is 11.8 Å². The van der Waals surface area contributed by atoms with Crippen molar-refractivity contribution >= 4 is 11.8 Å². The topological polar surface area (TPSA) is 23.5 Å². The SMILES string of the molecule is C[C@H](c1ccccc1)N(Cc1ccccc1)C[C@H](CO)CSC(C)(C)C. The first-order chi connectivity index (χ1) is 12.4. The summed E-state index contributed by atoms with van der Waals surface area (Å²) in [5.41, 5.74) is 2.64. The molecule has 0 heterocycles. The molecule has 0 bridgehead atoms. The molecular weight excluding hydrogens is 338 g/mol. The molecule has 0 fully saturated rings. The minimum absolute atomic E-state index is 0.225.